The van der Waals surface area contributed by atoms with Crippen LogP contribution in [0.25, 0.3) is 0 Å². The van der Waals surface area contributed by atoms with Crippen molar-refractivity contribution in [1.82, 2.24) is 20.2 Å². The van der Waals surface area contributed by atoms with Gasteiger partial charge in [-0.15, -0.1) is 10.2 Å². The number of nitrogens with one attached hydrogen (secondary N) is 2. The van der Waals surface area contributed by atoms with Crippen molar-refractivity contribution < 1.29 is 79.0 Å². The lowest BCUT2D eigenvalue weighted by Crippen LogP contribution is -2.69. The Hall–Kier alpha value is -3.92. The van der Waals surface area contributed by atoms with E-state index in [1.165, 1.54) is 18.7 Å². The Balaban J connectivity index is 0.000000244. The van der Waals surface area contributed by atoms with Crippen LogP contribution in [-0.2, 0) is 40.0 Å². The molecule has 74 heavy (non-hydrogen) atoms. The summed E-state index contributed by atoms with van der Waals surface area (Å²) >= 11 is 13.9. The maximum absolute atomic E-state index is 12.6. The Labute approximate surface area is 439 Å². The molecule has 3 fully saturated rings. The average Bonchev–Trinajstić information content (AvgIpc) is 4.02. The van der Waals surface area contributed by atoms with E-state index in [0.29, 0.717) is 33.2 Å². The van der Waals surface area contributed by atoms with Gasteiger partial charge in [0.2, 0.25) is 17.0 Å². The highest BCUT2D eigenvalue weighted by Crippen LogP contribution is 2.37. The topological polar surface area (TPSA) is 423 Å². The summed E-state index contributed by atoms with van der Waals surface area (Å²) in [6, 6.07) is 9.42. The second-order valence-corrected chi connectivity index (χ2v) is 19.8. The molecular weight excluding hydrogens is 1040 g/mol. The smallest absolute Gasteiger partial charge is 0.249 e. The number of oxime groups is 1. The van der Waals surface area contributed by atoms with Gasteiger partial charge in [0.05, 0.1) is 24.4 Å². The number of para-hydroxylation sites is 1. The summed E-state index contributed by atoms with van der Waals surface area (Å²) in [6.07, 6.45) is -18.6. The number of ether oxygens (including phenoxy) is 5. The van der Waals surface area contributed by atoms with Crippen LogP contribution < -0.4 is 38.4 Å². The molecule has 29 heteroatoms. The normalized spacial score (nSPS) is 32.4. The molecule has 3 aliphatic heterocycles. The van der Waals surface area contributed by atoms with E-state index < -0.39 is 110 Å². The zero-order valence-electron chi connectivity index (χ0n) is 40.3. The summed E-state index contributed by atoms with van der Waals surface area (Å²) in [5.74, 6) is 0.901. The van der Waals surface area contributed by atoms with E-state index in [1.54, 1.807) is 16.8 Å². The van der Waals surface area contributed by atoms with E-state index in [4.69, 9.17) is 74.7 Å². The highest BCUT2D eigenvalue weighted by Gasteiger charge is 2.52. The molecule has 0 bridgehead atoms. The third-order valence-corrected chi connectivity index (χ3v) is 14.1. The van der Waals surface area contributed by atoms with Gasteiger partial charge in [0.25, 0.3) is 0 Å². The zero-order valence-corrected chi connectivity index (χ0v) is 42.7. The van der Waals surface area contributed by atoms with Crippen LogP contribution in [0.4, 0.5) is 0 Å². The van der Waals surface area contributed by atoms with Crippen molar-refractivity contribution in [2.75, 3.05) is 30.9 Å². The van der Waals surface area contributed by atoms with Crippen molar-refractivity contribution in [3.05, 3.63) is 69.5 Å². The van der Waals surface area contributed by atoms with E-state index in [1.807, 2.05) is 30.3 Å². The van der Waals surface area contributed by atoms with Gasteiger partial charge in [0.1, 0.15) is 79.5 Å². The number of hydrogen-bond donors (Lipinski definition) is 14. The van der Waals surface area contributed by atoms with E-state index in [0.717, 1.165) is 29.0 Å². The number of nitrogens with two attached hydrogens (primary N) is 4. The van der Waals surface area contributed by atoms with Crippen LogP contribution >= 0.6 is 35.0 Å². The van der Waals surface area contributed by atoms with Crippen molar-refractivity contribution in [1.29, 1.82) is 0 Å². The number of carbonyl (C=O) groups is 2. The van der Waals surface area contributed by atoms with Crippen molar-refractivity contribution in [3.8, 4) is 5.75 Å². The minimum atomic E-state index is -1.76. The molecule has 3 aromatic rings. The van der Waals surface area contributed by atoms with Gasteiger partial charge in [-0.05, 0) is 50.1 Å². The van der Waals surface area contributed by atoms with Gasteiger partial charge in [-0.25, -0.2) is 4.68 Å². The quantitative estimate of drug-likeness (QED) is 0.0539. The summed E-state index contributed by atoms with van der Waals surface area (Å²) < 4.78 is 30.2. The number of carbonyl (C=O) groups excluding carboxylic acids is 2. The number of rotatable bonds is 19. The molecule has 26 nitrogen and oxygen atoms in total. The predicted molar refractivity (Wildman–Crippen MR) is 265 cm³/mol. The van der Waals surface area contributed by atoms with E-state index in [9.17, 15) is 50.4 Å². The van der Waals surface area contributed by atoms with Gasteiger partial charge in [0, 0.05) is 52.9 Å². The number of nitrogens with zero attached hydrogens (tertiary/aromatic N) is 4. The molecule has 1 aromatic heterocycles. The monoisotopic (exact) mass is 1100 g/mol. The molecular formula is C45H66Cl2N10O16S. The summed E-state index contributed by atoms with van der Waals surface area (Å²) in [6.45, 7) is 2.73. The number of aliphatic hydroxyl groups is 8. The number of benzene rings is 2. The van der Waals surface area contributed by atoms with Crippen LogP contribution in [0, 0.1) is 0 Å². The fourth-order valence-electron chi connectivity index (χ4n) is 8.46. The van der Waals surface area contributed by atoms with Crippen LogP contribution in [0.2, 0.25) is 10.0 Å². The molecule has 4 aliphatic rings. The van der Waals surface area contributed by atoms with Gasteiger partial charge in [-0.1, -0.05) is 65.2 Å². The SMILES string of the molecule is CCCSc1nnc(COc2ccccc2C2=NOC(c3ccc(Cl)cc3Cl)C2)n1NC(C)=O.NCC[C@H](O)C(=O)N[C@@H]1C[C@H](N)[C@@H](O[C@H]2O[C@H](CN)[C@@H](O)[C@H](O)[C@H]2O)[C@H](O)[C@H]1O[C@H]1O[C@H](CO)[C@@H](O)[C@H](N)[C@H]1O. The molecule has 17 atom stereocenters. The zero-order chi connectivity index (χ0) is 54.0. The first-order chi connectivity index (χ1) is 35.3. The maximum Gasteiger partial charge on any atom is 0.249 e. The van der Waals surface area contributed by atoms with Gasteiger partial charge in [-0.2, -0.15) is 0 Å². The highest BCUT2D eigenvalue weighted by atomic mass is 35.5. The number of hydrogen-bond acceptors (Lipinski definition) is 24. The first-order valence-electron chi connectivity index (χ1n) is 23.8. The van der Waals surface area contributed by atoms with Crippen LogP contribution in [0.3, 0.4) is 0 Å². The molecule has 412 valence electrons. The fourth-order valence-corrected chi connectivity index (χ4v) is 9.75. The lowest BCUT2D eigenvalue weighted by molar-refractivity contribution is -0.332. The Morgan fingerprint density at radius 3 is 2.30 bits per heavy atom. The van der Waals surface area contributed by atoms with Crippen LogP contribution in [0.15, 0.2) is 52.8 Å². The van der Waals surface area contributed by atoms with Crippen molar-refractivity contribution in [3.63, 3.8) is 0 Å². The summed E-state index contributed by atoms with van der Waals surface area (Å²) in [4.78, 5) is 30.0. The van der Waals surface area contributed by atoms with Gasteiger partial charge in [-0.3, -0.25) is 15.0 Å². The summed E-state index contributed by atoms with van der Waals surface area (Å²) in [5.41, 5.74) is 28.2. The Morgan fingerprint density at radius 1 is 0.919 bits per heavy atom. The van der Waals surface area contributed by atoms with E-state index in [-0.39, 0.29) is 44.5 Å². The Bertz CT molecular complexity index is 2350. The lowest BCUT2D eigenvalue weighted by Gasteiger charge is -2.49. The van der Waals surface area contributed by atoms with Crippen LogP contribution in [0.1, 0.15) is 62.6 Å². The van der Waals surface area contributed by atoms with E-state index >= 15 is 0 Å². The van der Waals surface area contributed by atoms with Crippen LogP contribution in [0.5, 0.6) is 5.75 Å². The summed E-state index contributed by atoms with van der Waals surface area (Å²) in [5, 5.41) is 99.2. The minimum absolute atomic E-state index is 0.0101. The molecule has 0 radical (unpaired) electrons. The number of amides is 2. The third-order valence-electron chi connectivity index (χ3n) is 12.4. The maximum atomic E-state index is 12.6. The largest absolute Gasteiger partial charge is 0.485 e. The Kier molecular flexibility index (Phi) is 22.0. The number of thioether (sulfide) groups is 1. The highest BCUT2D eigenvalue weighted by molar-refractivity contribution is 7.99. The molecule has 2 aromatic carbocycles. The first-order valence-corrected chi connectivity index (χ1v) is 25.5. The van der Waals surface area contributed by atoms with Crippen LogP contribution in [-0.4, -0.2) is 197 Å². The van der Waals surface area contributed by atoms with Gasteiger partial charge >= 0.3 is 0 Å². The second-order valence-electron chi connectivity index (χ2n) is 17.9. The molecule has 1 aliphatic carbocycles. The number of aromatic nitrogens is 3. The molecule has 0 spiro atoms. The first kappa shape index (κ1) is 59.3. The average molecular weight is 1110 g/mol. The minimum Gasteiger partial charge on any atom is -0.485 e. The predicted octanol–water partition coefficient (Wildman–Crippen LogP) is -2.80. The third kappa shape index (κ3) is 14.4. The molecule has 1 unspecified atom stereocenters. The van der Waals surface area contributed by atoms with Gasteiger partial charge in [0.15, 0.2) is 24.5 Å². The number of halogens is 2. The van der Waals surface area contributed by atoms with E-state index in [2.05, 4.69) is 33.0 Å². The van der Waals surface area contributed by atoms with Crippen molar-refractivity contribution in [2.24, 2.45) is 28.1 Å². The van der Waals surface area contributed by atoms with Gasteiger partial charge < -0.3 is 97.6 Å². The second kappa shape index (κ2) is 27.4. The molecule has 18 N–H and O–H groups in total. The summed E-state index contributed by atoms with van der Waals surface area (Å²) in [7, 11) is 0. The molecule has 4 heterocycles. The van der Waals surface area contributed by atoms with Crippen molar-refractivity contribution in [2.45, 2.75) is 155 Å². The molecule has 2 saturated heterocycles. The Morgan fingerprint density at radius 2 is 1.62 bits per heavy atom. The van der Waals surface area contributed by atoms with Crippen molar-refractivity contribution >= 4 is 52.5 Å². The molecule has 1 saturated carbocycles. The fraction of sp³-hybridized carbons (Fsp3) is 0.622. The molecule has 2 amide bonds. The number of aliphatic hydroxyl groups excluding tert-OH is 8. The standard InChI is InChI=1S/C23H23Cl2N5O3S.C22H43N5O13/c1-3-10-34-23-27-26-22(30(23)28-14(2)31)13-32-20-7-5-4-6-17(20)19-12-21(33-29-19)16-9-8-15(24)11-18(16)25;23-2-1-8(29)20(36)27-7-3-6(25)18(39-22-16(34)15(33)13(31)9(4-24)37-22)17(35)19(7)40-21-14(32)11(26)12(30)10(5-28)38-21/h4-9,11,21H,3,10,12-13H2,1-2H3,(H,28,31);6-19,21-22,28-35H,1-5,23-26H2,(H,27,36)/t;6-,7+,8-,9+,10+,11-,12+,13+,14+,15-,16+,17-,18+,19-,21+,22+/m.0/s1. The lowest BCUT2D eigenvalue weighted by atomic mass is 9.83. The molecule has 7 rings (SSSR count).